The lowest BCUT2D eigenvalue weighted by molar-refractivity contribution is 0.570. The molecule has 0 N–H and O–H groups in total. The van der Waals surface area contributed by atoms with E-state index in [1.807, 2.05) is 6.20 Å². The van der Waals surface area contributed by atoms with Crippen LogP contribution in [-0.4, -0.2) is 4.98 Å². The fourth-order valence-corrected chi connectivity index (χ4v) is 5.71. The lowest BCUT2D eigenvalue weighted by atomic mass is 9.73. The van der Waals surface area contributed by atoms with Crippen LogP contribution in [0.1, 0.15) is 62.4 Å². The Hall–Kier alpha value is -3.13. The van der Waals surface area contributed by atoms with Gasteiger partial charge in [-0.05, 0) is 41.3 Å². The van der Waals surface area contributed by atoms with Crippen molar-refractivity contribution in [2.75, 3.05) is 0 Å². The predicted molar refractivity (Wildman–Crippen MR) is 135 cm³/mol. The number of pyridine rings is 1. The van der Waals surface area contributed by atoms with E-state index in [-0.39, 0.29) is 10.8 Å². The van der Waals surface area contributed by atoms with Gasteiger partial charge in [0, 0.05) is 38.9 Å². The molecule has 0 amide bonds. The van der Waals surface area contributed by atoms with Crippen LogP contribution < -0.4 is 0 Å². The number of aromatic nitrogens is 1. The maximum Gasteiger partial charge on any atom is 0.139 e. The summed E-state index contributed by atoms with van der Waals surface area (Å²) in [4.78, 5) is 5.07. The number of rotatable bonds is 0. The van der Waals surface area contributed by atoms with E-state index in [4.69, 9.17) is 9.40 Å². The second-order valence-electron chi connectivity index (χ2n) is 11.0. The summed E-state index contributed by atoms with van der Waals surface area (Å²) in [5.74, 6) is 0. The summed E-state index contributed by atoms with van der Waals surface area (Å²) in [6, 6.07) is 15.7. The van der Waals surface area contributed by atoms with Crippen molar-refractivity contribution in [3.05, 3.63) is 76.5 Å². The fraction of sp³-hybridized carbons (Fsp3) is 0.300. The van der Waals surface area contributed by atoms with Crippen LogP contribution in [0.2, 0.25) is 0 Å². The Morgan fingerprint density at radius 1 is 0.875 bits per heavy atom. The zero-order valence-electron chi connectivity index (χ0n) is 20.0. The number of furan rings is 1. The second kappa shape index (κ2) is 6.01. The van der Waals surface area contributed by atoms with Gasteiger partial charge in [0.15, 0.2) is 0 Å². The summed E-state index contributed by atoms with van der Waals surface area (Å²) in [6.45, 7) is 15.8. The van der Waals surface area contributed by atoms with E-state index < -0.39 is 0 Å². The molecule has 0 spiro atoms. The average molecular weight is 420 g/mol. The van der Waals surface area contributed by atoms with Gasteiger partial charge in [0.25, 0.3) is 0 Å². The fourth-order valence-electron chi connectivity index (χ4n) is 5.71. The van der Waals surface area contributed by atoms with E-state index in [1.165, 1.54) is 54.9 Å². The first kappa shape index (κ1) is 19.5. The molecule has 3 aromatic carbocycles. The molecule has 2 heteroatoms. The number of fused-ring (bicyclic) bond motifs is 4. The first-order chi connectivity index (χ1) is 15.1. The Morgan fingerprint density at radius 2 is 1.66 bits per heavy atom. The van der Waals surface area contributed by atoms with Crippen LogP contribution in [0, 0.1) is 13.8 Å². The molecule has 5 aromatic rings. The van der Waals surface area contributed by atoms with Gasteiger partial charge in [0.1, 0.15) is 11.2 Å². The van der Waals surface area contributed by atoms with Gasteiger partial charge in [-0.2, -0.15) is 0 Å². The number of hydrogen-bond donors (Lipinski definition) is 0. The van der Waals surface area contributed by atoms with Crippen LogP contribution in [0.4, 0.5) is 0 Å². The highest BCUT2D eigenvalue weighted by Crippen LogP contribution is 2.52. The lowest BCUT2D eigenvalue weighted by Crippen LogP contribution is -2.21. The van der Waals surface area contributed by atoms with Crippen LogP contribution in [0.15, 0.2) is 53.1 Å². The Balaban J connectivity index is 1.91. The maximum absolute atomic E-state index is 6.69. The van der Waals surface area contributed by atoms with E-state index in [1.54, 1.807) is 0 Å². The van der Waals surface area contributed by atoms with Crippen molar-refractivity contribution in [3.63, 3.8) is 0 Å². The molecule has 32 heavy (non-hydrogen) atoms. The maximum atomic E-state index is 6.69. The monoisotopic (exact) mass is 419 g/mol. The molecule has 0 atom stereocenters. The summed E-state index contributed by atoms with van der Waals surface area (Å²) in [5, 5.41) is 4.96. The van der Waals surface area contributed by atoms with Crippen molar-refractivity contribution >= 4 is 32.7 Å². The Bertz CT molecular complexity index is 1590. The van der Waals surface area contributed by atoms with Gasteiger partial charge in [-0.1, -0.05) is 82.6 Å². The first-order valence-corrected chi connectivity index (χ1v) is 11.5. The second-order valence-corrected chi connectivity index (χ2v) is 11.0. The lowest BCUT2D eigenvalue weighted by Gasteiger charge is -2.30. The number of hydrogen-bond acceptors (Lipinski definition) is 2. The van der Waals surface area contributed by atoms with Gasteiger partial charge in [0.05, 0.1) is 5.69 Å². The van der Waals surface area contributed by atoms with E-state index in [9.17, 15) is 0 Å². The van der Waals surface area contributed by atoms with Gasteiger partial charge >= 0.3 is 0 Å². The van der Waals surface area contributed by atoms with Crippen LogP contribution in [-0.2, 0) is 10.8 Å². The smallest absolute Gasteiger partial charge is 0.139 e. The molecule has 0 saturated carbocycles. The van der Waals surface area contributed by atoms with E-state index in [0.29, 0.717) is 0 Å². The summed E-state index contributed by atoms with van der Waals surface area (Å²) in [7, 11) is 0. The molecule has 1 aliphatic rings. The minimum atomic E-state index is -0.228. The van der Waals surface area contributed by atoms with Crippen molar-refractivity contribution < 1.29 is 4.42 Å². The molecule has 0 radical (unpaired) electrons. The highest BCUT2D eigenvalue weighted by atomic mass is 16.3. The van der Waals surface area contributed by atoms with Gasteiger partial charge in [-0.15, -0.1) is 0 Å². The van der Waals surface area contributed by atoms with Crippen LogP contribution in [0.5, 0.6) is 0 Å². The molecule has 2 heterocycles. The van der Waals surface area contributed by atoms with E-state index >= 15 is 0 Å². The normalized spacial score (nSPS) is 15.0. The summed E-state index contributed by atoms with van der Waals surface area (Å²) in [6.07, 6.45) is 2.03. The molecule has 0 bridgehead atoms. The highest BCUT2D eigenvalue weighted by Gasteiger charge is 2.37. The van der Waals surface area contributed by atoms with Crippen molar-refractivity contribution in [3.8, 4) is 11.3 Å². The van der Waals surface area contributed by atoms with Crippen molar-refractivity contribution in [2.24, 2.45) is 0 Å². The first-order valence-electron chi connectivity index (χ1n) is 11.5. The summed E-state index contributed by atoms with van der Waals surface area (Å²) < 4.78 is 6.69. The molecule has 160 valence electrons. The molecular weight excluding hydrogens is 390 g/mol. The zero-order valence-corrected chi connectivity index (χ0v) is 20.0. The minimum absolute atomic E-state index is 0.00810. The predicted octanol–water partition coefficient (Wildman–Crippen LogP) is 8.35. The van der Waals surface area contributed by atoms with Gasteiger partial charge in [-0.3, -0.25) is 4.98 Å². The molecule has 0 unspecified atom stereocenters. The number of nitrogens with zero attached hydrogens (tertiary/aromatic N) is 1. The number of aryl methyl sites for hydroxylation is 2. The minimum Gasteiger partial charge on any atom is -0.455 e. The Morgan fingerprint density at radius 3 is 2.41 bits per heavy atom. The Labute approximate surface area is 189 Å². The molecule has 6 rings (SSSR count). The largest absolute Gasteiger partial charge is 0.455 e. The molecular formula is C30H29NO. The molecule has 1 aliphatic carbocycles. The highest BCUT2D eigenvalue weighted by molar-refractivity contribution is 6.17. The number of benzene rings is 3. The molecule has 2 nitrogen and oxygen atoms in total. The molecule has 0 aliphatic heterocycles. The third kappa shape index (κ3) is 2.38. The van der Waals surface area contributed by atoms with Gasteiger partial charge in [-0.25, -0.2) is 0 Å². The van der Waals surface area contributed by atoms with Crippen LogP contribution in [0.3, 0.4) is 0 Å². The third-order valence-electron chi connectivity index (χ3n) is 7.38. The molecule has 0 fully saturated rings. The van der Waals surface area contributed by atoms with Gasteiger partial charge < -0.3 is 4.42 Å². The zero-order chi connectivity index (χ0) is 22.6. The van der Waals surface area contributed by atoms with Gasteiger partial charge in [0.2, 0.25) is 0 Å². The summed E-state index contributed by atoms with van der Waals surface area (Å²) >= 11 is 0. The molecule has 0 saturated heterocycles. The van der Waals surface area contributed by atoms with Crippen LogP contribution in [0.25, 0.3) is 44.0 Å². The van der Waals surface area contributed by atoms with E-state index in [0.717, 1.165) is 16.9 Å². The van der Waals surface area contributed by atoms with Crippen molar-refractivity contribution in [1.29, 1.82) is 0 Å². The topological polar surface area (TPSA) is 26.0 Å². The van der Waals surface area contributed by atoms with Crippen molar-refractivity contribution in [1.82, 2.24) is 4.98 Å². The van der Waals surface area contributed by atoms with E-state index in [2.05, 4.69) is 90.9 Å². The van der Waals surface area contributed by atoms with Crippen LogP contribution >= 0.6 is 0 Å². The standard InChI is InChI=1S/C30H29NO/c1-16-8-10-18-15-31-26-19-11-9-17(2)27-23(19)24-21(30(6,7)25(26)20(18)14-16)12-13-22(28(24)32-27)29(3,4)5/h8-15H,1-7H3. The third-order valence-corrected chi connectivity index (χ3v) is 7.38. The SMILES string of the molecule is Cc1ccc2cnc3c(c2c1)C(C)(C)c1ccc(C(C)(C)C)c2oc4c(C)ccc-3c4c12. The average Bonchev–Trinajstić information content (AvgIpc) is 3.09. The van der Waals surface area contributed by atoms with Crippen molar-refractivity contribution in [2.45, 2.75) is 59.3 Å². The Kier molecular flexibility index (Phi) is 3.67. The molecule has 2 aromatic heterocycles. The summed E-state index contributed by atoms with van der Waals surface area (Å²) in [5.41, 5.74) is 10.4. The quantitative estimate of drug-likeness (QED) is 0.252.